The van der Waals surface area contributed by atoms with Crippen molar-refractivity contribution < 1.29 is 9.59 Å². The second-order valence-electron chi connectivity index (χ2n) is 7.26. The Kier molecular flexibility index (Phi) is 6.24. The van der Waals surface area contributed by atoms with E-state index in [1.165, 1.54) is 5.56 Å². The molecule has 1 N–H and O–H groups in total. The second-order valence-corrected chi connectivity index (χ2v) is 7.26. The maximum atomic E-state index is 12.8. The molecule has 0 aliphatic carbocycles. The summed E-state index contributed by atoms with van der Waals surface area (Å²) in [4.78, 5) is 29.3. The molecule has 5 heteroatoms. The van der Waals surface area contributed by atoms with Crippen LogP contribution in [0.15, 0.2) is 54.6 Å². The highest BCUT2D eigenvalue weighted by molar-refractivity contribution is 5.99. The maximum Gasteiger partial charge on any atom is 0.253 e. The predicted molar refractivity (Wildman–Crippen MR) is 107 cm³/mol. The van der Waals surface area contributed by atoms with Gasteiger partial charge >= 0.3 is 0 Å². The lowest BCUT2D eigenvalue weighted by Crippen LogP contribution is -2.48. The zero-order valence-corrected chi connectivity index (χ0v) is 16.0. The summed E-state index contributed by atoms with van der Waals surface area (Å²) in [6.07, 6.45) is 0. The van der Waals surface area contributed by atoms with Crippen LogP contribution in [-0.2, 0) is 6.54 Å². The third-order valence-electron chi connectivity index (χ3n) is 4.70. The molecule has 2 amide bonds. The summed E-state index contributed by atoms with van der Waals surface area (Å²) in [6, 6.07) is 17.4. The van der Waals surface area contributed by atoms with Gasteiger partial charge in [0, 0.05) is 49.9 Å². The Morgan fingerprint density at radius 3 is 2.26 bits per heavy atom. The molecule has 0 bridgehead atoms. The van der Waals surface area contributed by atoms with Gasteiger partial charge in [-0.05, 0) is 37.6 Å². The van der Waals surface area contributed by atoms with E-state index < -0.39 is 0 Å². The lowest BCUT2D eigenvalue weighted by atomic mass is 10.1. The fraction of sp³-hybridized carbons (Fsp3) is 0.364. The maximum absolute atomic E-state index is 12.8. The van der Waals surface area contributed by atoms with Crippen molar-refractivity contribution in [3.05, 3.63) is 71.3 Å². The molecule has 0 saturated carbocycles. The molecule has 0 unspecified atom stereocenters. The molecule has 0 radical (unpaired) electrons. The molecule has 1 fully saturated rings. The van der Waals surface area contributed by atoms with Crippen LogP contribution in [0.1, 0.15) is 40.1 Å². The molecule has 3 rings (SSSR count). The summed E-state index contributed by atoms with van der Waals surface area (Å²) in [6.45, 7) is 7.86. The van der Waals surface area contributed by atoms with Gasteiger partial charge < -0.3 is 10.2 Å². The summed E-state index contributed by atoms with van der Waals surface area (Å²) in [7, 11) is 0. The van der Waals surface area contributed by atoms with Crippen LogP contribution in [0.5, 0.6) is 0 Å². The highest BCUT2D eigenvalue weighted by atomic mass is 16.2. The molecule has 2 aromatic carbocycles. The Morgan fingerprint density at radius 1 is 0.926 bits per heavy atom. The molecule has 0 aromatic heterocycles. The molecule has 0 atom stereocenters. The van der Waals surface area contributed by atoms with E-state index in [-0.39, 0.29) is 17.9 Å². The molecule has 5 nitrogen and oxygen atoms in total. The van der Waals surface area contributed by atoms with Crippen LogP contribution in [0.2, 0.25) is 0 Å². The third kappa shape index (κ3) is 5.17. The first kappa shape index (κ1) is 19.1. The van der Waals surface area contributed by atoms with Crippen LogP contribution >= 0.6 is 0 Å². The highest BCUT2D eigenvalue weighted by Gasteiger charge is 2.22. The average Bonchev–Trinajstić information content (AvgIpc) is 2.68. The Morgan fingerprint density at radius 2 is 1.59 bits per heavy atom. The molecule has 0 spiro atoms. The lowest BCUT2D eigenvalue weighted by Gasteiger charge is -2.34. The van der Waals surface area contributed by atoms with Gasteiger partial charge in [-0.3, -0.25) is 14.5 Å². The minimum Gasteiger partial charge on any atom is -0.350 e. The summed E-state index contributed by atoms with van der Waals surface area (Å²) in [5.41, 5.74) is 2.39. The molecule has 1 aliphatic rings. The van der Waals surface area contributed by atoms with E-state index in [0.717, 1.165) is 19.6 Å². The summed E-state index contributed by atoms with van der Waals surface area (Å²) in [5.74, 6) is -0.152. The molecule has 1 saturated heterocycles. The molecular formula is C22H27N3O2. The van der Waals surface area contributed by atoms with Crippen LogP contribution in [0.4, 0.5) is 0 Å². The monoisotopic (exact) mass is 365 g/mol. The van der Waals surface area contributed by atoms with Gasteiger partial charge in [0.2, 0.25) is 0 Å². The SMILES string of the molecule is CC(C)NC(=O)c1cccc(C(=O)N2CCN(Cc3ccccc3)CC2)c1. The summed E-state index contributed by atoms with van der Waals surface area (Å²) >= 11 is 0. The first-order valence-corrected chi connectivity index (χ1v) is 9.49. The first-order valence-electron chi connectivity index (χ1n) is 9.49. The zero-order chi connectivity index (χ0) is 19.2. The normalized spacial score (nSPS) is 15.0. The number of hydrogen-bond donors (Lipinski definition) is 1. The van der Waals surface area contributed by atoms with Gasteiger partial charge in [-0.25, -0.2) is 0 Å². The highest BCUT2D eigenvalue weighted by Crippen LogP contribution is 2.13. The summed E-state index contributed by atoms with van der Waals surface area (Å²) in [5, 5.41) is 2.86. The van der Waals surface area contributed by atoms with E-state index in [1.807, 2.05) is 24.8 Å². The number of amides is 2. The number of benzene rings is 2. The number of piperazine rings is 1. The molecule has 27 heavy (non-hydrogen) atoms. The fourth-order valence-corrected chi connectivity index (χ4v) is 3.27. The van der Waals surface area contributed by atoms with Crippen LogP contribution in [-0.4, -0.2) is 53.8 Å². The third-order valence-corrected chi connectivity index (χ3v) is 4.70. The Labute approximate surface area is 161 Å². The van der Waals surface area contributed by atoms with E-state index >= 15 is 0 Å². The van der Waals surface area contributed by atoms with Crippen molar-refractivity contribution in [3.8, 4) is 0 Å². The van der Waals surface area contributed by atoms with Crippen LogP contribution in [0.25, 0.3) is 0 Å². The summed E-state index contributed by atoms with van der Waals surface area (Å²) < 4.78 is 0. The smallest absolute Gasteiger partial charge is 0.253 e. The fourth-order valence-electron chi connectivity index (χ4n) is 3.27. The number of hydrogen-bond acceptors (Lipinski definition) is 3. The minimum atomic E-state index is -0.146. The van der Waals surface area contributed by atoms with Crippen LogP contribution in [0.3, 0.4) is 0 Å². The van der Waals surface area contributed by atoms with Gasteiger partial charge in [0.1, 0.15) is 0 Å². The van der Waals surface area contributed by atoms with Crippen LogP contribution in [0, 0.1) is 0 Å². The van der Waals surface area contributed by atoms with E-state index in [1.54, 1.807) is 24.3 Å². The van der Waals surface area contributed by atoms with Crippen molar-refractivity contribution >= 4 is 11.8 Å². The Balaban J connectivity index is 1.58. The minimum absolute atomic E-state index is 0.00596. The number of nitrogens with one attached hydrogen (secondary N) is 1. The standard InChI is InChI=1S/C22H27N3O2/c1-17(2)23-21(26)19-9-6-10-20(15-19)22(27)25-13-11-24(12-14-25)16-18-7-4-3-5-8-18/h3-10,15,17H,11-14,16H2,1-2H3,(H,23,26). The van der Waals surface area contributed by atoms with E-state index in [4.69, 9.17) is 0 Å². The number of carbonyl (C=O) groups is 2. The van der Waals surface area contributed by atoms with Gasteiger partial charge in [-0.1, -0.05) is 36.4 Å². The zero-order valence-electron chi connectivity index (χ0n) is 16.0. The topological polar surface area (TPSA) is 52.7 Å². The van der Waals surface area contributed by atoms with Gasteiger partial charge in [0.15, 0.2) is 0 Å². The van der Waals surface area contributed by atoms with Crippen molar-refractivity contribution in [1.29, 1.82) is 0 Å². The molecule has 1 heterocycles. The van der Waals surface area contributed by atoms with Crippen molar-refractivity contribution in [1.82, 2.24) is 15.1 Å². The van der Waals surface area contributed by atoms with Crippen molar-refractivity contribution in [2.45, 2.75) is 26.4 Å². The quantitative estimate of drug-likeness (QED) is 0.886. The average molecular weight is 365 g/mol. The van der Waals surface area contributed by atoms with E-state index in [9.17, 15) is 9.59 Å². The van der Waals surface area contributed by atoms with E-state index in [2.05, 4.69) is 34.5 Å². The molecular weight excluding hydrogens is 338 g/mol. The largest absolute Gasteiger partial charge is 0.350 e. The molecule has 1 aliphatic heterocycles. The van der Waals surface area contributed by atoms with Crippen LogP contribution < -0.4 is 5.32 Å². The predicted octanol–water partition coefficient (Wildman–Crippen LogP) is 2.78. The van der Waals surface area contributed by atoms with Gasteiger partial charge in [-0.15, -0.1) is 0 Å². The van der Waals surface area contributed by atoms with E-state index in [0.29, 0.717) is 24.2 Å². The number of rotatable bonds is 5. The number of nitrogens with zero attached hydrogens (tertiary/aromatic N) is 2. The van der Waals surface area contributed by atoms with Gasteiger partial charge in [0.25, 0.3) is 11.8 Å². The lowest BCUT2D eigenvalue weighted by molar-refractivity contribution is 0.0628. The first-order chi connectivity index (χ1) is 13.0. The van der Waals surface area contributed by atoms with Crippen molar-refractivity contribution in [2.75, 3.05) is 26.2 Å². The molecule has 142 valence electrons. The van der Waals surface area contributed by atoms with Gasteiger partial charge in [-0.2, -0.15) is 0 Å². The Bertz CT molecular complexity index is 781. The van der Waals surface area contributed by atoms with Crippen molar-refractivity contribution in [2.24, 2.45) is 0 Å². The van der Waals surface area contributed by atoms with Gasteiger partial charge in [0.05, 0.1) is 0 Å². The van der Waals surface area contributed by atoms with Crippen molar-refractivity contribution in [3.63, 3.8) is 0 Å². The second kappa shape index (κ2) is 8.82. The number of carbonyl (C=O) groups excluding carboxylic acids is 2. The Hall–Kier alpha value is -2.66. The molecule has 2 aromatic rings.